The molecule has 7 heteroatoms. The maximum absolute atomic E-state index is 14.0. The number of halogens is 1. The molecule has 128 valence electrons. The van der Waals surface area contributed by atoms with Crippen LogP contribution >= 0.6 is 0 Å². The quantitative estimate of drug-likeness (QED) is 0.660. The highest BCUT2D eigenvalue weighted by molar-refractivity contribution is 5.49. The standard InChI is InChI=1S/C18H15FN2O4/c19-12-5-1-2-6-13(12)21-16(14-7-3-4-8-20-14)18-17(24)15(23)9-11(10-22)25-18/h1-9,16,21-22,24H,10H2/t16-/m0/s1. The monoisotopic (exact) mass is 342 g/mol. The Morgan fingerprint density at radius 2 is 1.96 bits per heavy atom. The van der Waals surface area contributed by atoms with E-state index in [9.17, 15) is 19.4 Å². The Hall–Kier alpha value is -3.19. The normalized spacial score (nSPS) is 11.9. The van der Waals surface area contributed by atoms with E-state index in [1.54, 1.807) is 30.3 Å². The van der Waals surface area contributed by atoms with Crippen molar-refractivity contribution in [2.24, 2.45) is 0 Å². The number of aliphatic hydroxyl groups is 1. The predicted molar refractivity (Wildman–Crippen MR) is 88.7 cm³/mol. The molecular formula is C18H15FN2O4. The van der Waals surface area contributed by atoms with E-state index in [0.29, 0.717) is 5.69 Å². The van der Waals surface area contributed by atoms with Gasteiger partial charge in [-0.25, -0.2) is 4.39 Å². The predicted octanol–water partition coefficient (Wildman–Crippen LogP) is 2.57. The van der Waals surface area contributed by atoms with Crippen LogP contribution in [0.2, 0.25) is 0 Å². The molecule has 0 unspecified atom stereocenters. The lowest BCUT2D eigenvalue weighted by Gasteiger charge is -2.20. The number of anilines is 1. The van der Waals surface area contributed by atoms with Crippen molar-refractivity contribution >= 4 is 5.69 Å². The summed E-state index contributed by atoms with van der Waals surface area (Å²) < 4.78 is 19.5. The molecular weight excluding hydrogens is 327 g/mol. The first-order chi connectivity index (χ1) is 12.1. The van der Waals surface area contributed by atoms with Crippen LogP contribution in [-0.2, 0) is 6.61 Å². The average molecular weight is 342 g/mol. The Balaban J connectivity index is 2.14. The van der Waals surface area contributed by atoms with Gasteiger partial charge in [0, 0.05) is 12.3 Å². The van der Waals surface area contributed by atoms with Crippen LogP contribution < -0.4 is 10.7 Å². The maximum Gasteiger partial charge on any atom is 0.227 e. The molecule has 2 aromatic heterocycles. The molecule has 1 atom stereocenters. The zero-order valence-corrected chi connectivity index (χ0v) is 13.0. The van der Waals surface area contributed by atoms with Crippen LogP contribution in [0.25, 0.3) is 0 Å². The molecule has 1 aromatic carbocycles. The van der Waals surface area contributed by atoms with E-state index in [2.05, 4.69) is 10.3 Å². The maximum atomic E-state index is 14.0. The fourth-order valence-electron chi connectivity index (χ4n) is 2.38. The fraction of sp³-hybridized carbons (Fsp3) is 0.111. The van der Waals surface area contributed by atoms with E-state index in [0.717, 1.165) is 6.07 Å². The van der Waals surface area contributed by atoms with E-state index in [1.165, 1.54) is 18.3 Å². The second-order valence-corrected chi connectivity index (χ2v) is 5.26. The highest BCUT2D eigenvalue weighted by Crippen LogP contribution is 2.31. The van der Waals surface area contributed by atoms with Crippen molar-refractivity contribution in [3.63, 3.8) is 0 Å². The van der Waals surface area contributed by atoms with Gasteiger partial charge in [-0.15, -0.1) is 0 Å². The molecule has 25 heavy (non-hydrogen) atoms. The fourth-order valence-corrected chi connectivity index (χ4v) is 2.38. The molecule has 0 bridgehead atoms. The van der Waals surface area contributed by atoms with Gasteiger partial charge in [-0.2, -0.15) is 0 Å². The molecule has 3 aromatic rings. The van der Waals surface area contributed by atoms with Gasteiger partial charge in [-0.1, -0.05) is 18.2 Å². The van der Waals surface area contributed by atoms with Crippen LogP contribution in [0, 0.1) is 5.82 Å². The molecule has 0 aliphatic carbocycles. The van der Waals surface area contributed by atoms with Crippen molar-refractivity contribution < 1.29 is 19.0 Å². The van der Waals surface area contributed by atoms with E-state index < -0.39 is 29.6 Å². The lowest BCUT2D eigenvalue weighted by atomic mass is 10.1. The number of para-hydroxylation sites is 1. The average Bonchev–Trinajstić information content (AvgIpc) is 2.64. The van der Waals surface area contributed by atoms with Crippen molar-refractivity contribution in [3.05, 3.63) is 88.0 Å². The van der Waals surface area contributed by atoms with Gasteiger partial charge in [0.05, 0.1) is 11.4 Å². The molecule has 3 rings (SSSR count). The van der Waals surface area contributed by atoms with Crippen molar-refractivity contribution in [1.29, 1.82) is 0 Å². The van der Waals surface area contributed by atoms with E-state index in [4.69, 9.17) is 4.42 Å². The molecule has 0 aliphatic heterocycles. The third kappa shape index (κ3) is 3.51. The first-order valence-corrected chi connectivity index (χ1v) is 7.49. The highest BCUT2D eigenvalue weighted by Gasteiger charge is 2.25. The number of aromatic hydroxyl groups is 1. The van der Waals surface area contributed by atoms with Crippen molar-refractivity contribution in [2.75, 3.05) is 5.32 Å². The molecule has 0 radical (unpaired) electrons. The molecule has 6 nitrogen and oxygen atoms in total. The number of nitrogens with one attached hydrogen (secondary N) is 1. The minimum atomic E-state index is -0.933. The van der Waals surface area contributed by atoms with Crippen molar-refractivity contribution in [2.45, 2.75) is 12.6 Å². The van der Waals surface area contributed by atoms with Gasteiger partial charge in [0.1, 0.15) is 24.2 Å². The molecule has 2 heterocycles. The number of benzene rings is 1. The number of hydrogen-bond donors (Lipinski definition) is 3. The van der Waals surface area contributed by atoms with Gasteiger partial charge in [0.2, 0.25) is 11.2 Å². The number of rotatable bonds is 5. The van der Waals surface area contributed by atoms with Crippen LogP contribution in [0.5, 0.6) is 5.75 Å². The second-order valence-electron chi connectivity index (χ2n) is 5.26. The van der Waals surface area contributed by atoms with Gasteiger partial charge in [0.15, 0.2) is 5.76 Å². The minimum absolute atomic E-state index is 0.0194. The van der Waals surface area contributed by atoms with Gasteiger partial charge in [-0.3, -0.25) is 9.78 Å². The Morgan fingerprint density at radius 1 is 1.20 bits per heavy atom. The zero-order valence-electron chi connectivity index (χ0n) is 13.0. The molecule has 0 aliphatic rings. The third-order valence-electron chi connectivity index (χ3n) is 3.58. The SMILES string of the molecule is O=c1cc(CO)oc([C@@H](Nc2ccccc2F)c2ccccn2)c1O. The van der Waals surface area contributed by atoms with E-state index in [1.807, 2.05) is 0 Å². The van der Waals surface area contributed by atoms with Crippen LogP contribution in [0.1, 0.15) is 23.3 Å². The number of aliphatic hydroxyl groups excluding tert-OH is 1. The molecule has 3 N–H and O–H groups in total. The summed E-state index contributed by atoms with van der Waals surface area (Å²) in [6.07, 6.45) is 1.52. The van der Waals surface area contributed by atoms with Gasteiger partial charge < -0.3 is 19.9 Å². The summed E-state index contributed by atoms with van der Waals surface area (Å²) in [6, 6.07) is 11.1. The summed E-state index contributed by atoms with van der Waals surface area (Å²) in [5.74, 6) is -1.31. The number of nitrogens with zero attached hydrogens (tertiary/aromatic N) is 1. The largest absolute Gasteiger partial charge is 0.502 e. The molecule has 0 fully saturated rings. The van der Waals surface area contributed by atoms with Crippen LogP contribution in [0.15, 0.2) is 63.9 Å². The number of hydrogen-bond acceptors (Lipinski definition) is 6. The van der Waals surface area contributed by atoms with Crippen LogP contribution in [-0.4, -0.2) is 15.2 Å². The topological polar surface area (TPSA) is 95.6 Å². The molecule has 0 saturated heterocycles. The van der Waals surface area contributed by atoms with Gasteiger partial charge in [0.25, 0.3) is 0 Å². The van der Waals surface area contributed by atoms with Gasteiger partial charge in [-0.05, 0) is 24.3 Å². The Bertz CT molecular complexity index is 928. The second kappa shape index (κ2) is 7.14. The number of aromatic nitrogens is 1. The zero-order chi connectivity index (χ0) is 17.8. The lowest BCUT2D eigenvalue weighted by molar-refractivity contribution is 0.234. The van der Waals surface area contributed by atoms with E-state index in [-0.39, 0.29) is 17.2 Å². The Morgan fingerprint density at radius 3 is 2.64 bits per heavy atom. The third-order valence-corrected chi connectivity index (χ3v) is 3.58. The van der Waals surface area contributed by atoms with Crippen LogP contribution in [0.4, 0.5) is 10.1 Å². The number of pyridine rings is 1. The first kappa shape index (κ1) is 16.7. The molecule has 0 saturated carbocycles. The summed E-state index contributed by atoms with van der Waals surface area (Å²) in [6.45, 7) is -0.517. The minimum Gasteiger partial charge on any atom is -0.502 e. The van der Waals surface area contributed by atoms with Crippen LogP contribution in [0.3, 0.4) is 0 Å². The smallest absolute Gasteiger partial charge is 0.227 e. The molecule has 0 amide bonds. The summed E-state index contributed by atoms with van der Waals surface area (Å²) in [5.41, 5.74) is -0.157. The van der Waals surface area contributed by atoms with E-state index >= 15 is 0 Å². The summed E-state index contributed by atoms with van der Waals surface area (Å²) in [5, 5.41) is 22.3. The summed E-state index contributed by atoms with van der Waals surface area (Å²) in [4.78, 5) is 16.1. The summed E-state index contributed by atoms with van der Waals surface area (Å²) >= 11 is 0. The Labute approximate surface area is 142 Å². The van der Waals surface area contributed by atoms with Crippen molar-refractivity contribution in [3.8, 4) is 5.75 Å². The van der Waals surface area contributed by atoms with Gasteiger partial charge >= 0.3 is 0 Å². The lowest BCUT2D eigenvalue weighted by Crippen LogP contribution is -2.18. The summed E-state index contributed by atoms with van der Waals surface area (Å²) in [7, 11) is 0. The Kier molecular flexibility index (Phi) is 4.76. The first-order valence-electron chi connectivity index (χ1n) is 7.49. The molecule has 0 spiro atoms. The van der Waals surface area contributed by atoms with Crippen molar-refractivity contribution in [1.82, 2.24) is 4.98 Å². The highest BCUT2D eigenvalue weighted by atomic mass is 19.1.